The molecule has 0 bridgehead atoms. The van der Waals surface area contributed by atoms with Gasteiger partial charge in [-0.15, -0.1) is 5.10 Å². The van der Waals surface area contributed by atoms with Gasteiger partial charge in [0.15, 0.2) is 5.82 Å². The minimum absolute atomic E-state index is 0.0708. The number of nitrogens with one attached hydrogen (secondary N) is 1. The highest BCUT2D eigenvalue weighted by Gasteiger charge is 2.15. The average Bonchev–Trinajstić information content (AvgIpc) is 3.24. The number of benzene rings is 3. The Balaban J connectivity index is 1.56. The van der Waals surface area contributed by atoms with Crippen molar-refractivity contribution in [2.75, 3.05) is 12.4 Å². The lowest BCUT2D eigenvalue weighted by atomic mass is 10.1. The normalized spacial score (nSPS) is 10.6. The molecule has 1 amide bonds. The highest BCUT2D eigenvalue weighted by Crippen LogP contribution is 2.25. The van der Waals surface area contributed by atoms with Gasteiger partial charge < -0.3 is 10.1 Å². The number of carbonyl (C=O) groups excluding carboxylic acids is 1. The van der Waals surface area contributed by atoms with Crippen LogP contribution < -0.4 is 10.1 Å². The largest absolute Gasteiger partial charge is 0.466 e. The summed E-state index contributed by atoms with van der Waals surface area (Å²) >= 11 is 0. The quantitative estimate of drug-likeness (QED) is 0.359. The Kier molecular flexibility index (Phi) is 5.63. The Morgan fingerprint density at radius 3 is 2.25 bits per heavy atom. The van der Waals surface area contributed by atoms with E-state index < -0.39 is 4.92 Å². The molecule has 4 aromatic rings. The molecule has 4 rings (SSSR count). The molecule has 0 aliphatic carbocycles. The van der Waals surface area contributed by atoms with Crippen molar-refractivity contribution in [3.05, 3.63) is 94.0 Å². The minimum Gasteiger partial charge on any atom is -0.466 e. The smallest absolute Gasteiger partial charge is 0.336 e. The number of ether oxygens (including phenoxy) is 1. The van der Waals surface area contributed by atoms with Crippen molar-refractivity contribution in [2.45, 2.75) is 6.92 Å². The monoisotopic (exact) mass is 429 g/mol. The molecule has 0 spiro atoms. The van der Waals surface area contributed by atoms with E-state index in [4.69, 9.17) is 4.74 Å². The van der Waals surface area contributed by atoms with E-state index in [0.717, 1.165) is 16.8 Å². The van der Waals surface area contributed by atoms with Crippen LogP contribution in [0.3, 0.4) is 0 Å². The van der Waals surface area contributed by atoms with Gasteiger partial charge in [0.05, 0.1) is 17.7 Å². The molecule has 9 nitrogen and oxygen atoms in total. The lowest BCUT2D eigenvalue weighted by molar-refractivity contribution is -0.384. The first-order chi connectivity index (χ1) is 15.4. The number of anilines is 1. The lowest BCUT2D eigenvalue weighted by Crippen LogP contribution is -2.12. The van der Waals surface area contributed by atoms with E-state index in [1.165, 1.54) is 31.4 Å². The summed E-state index contributed by atoms with van der Waals surface area (Å²) in [6.45, 7) is 2.01. The van der Waals surface area contributed by atoms with Crippen molar-refractivity contribution >= 4 is 17.3 Å². The van der Waals surface area contributed by atoms with Crippen molar-refractivity contribution in [1.82, 2.24) is 14.8 Å². The average molecular weight is 429 g/mol. The molecule has 0 aliphatic rings. The van der Waals surface area contributed by atoms with Crippen LogP contribution in [0.1, 0.15) is 15.9 Å². The number of rotatable bonds is 6. The van der Waals surface area contributed by atoms with Gasteiger partial charge in [-0.3, -0.25) is 14.9 Å². The van der Waals surface area contributed by atoms with Crippen molar-refractivity contribution in [3.8, 4) is 23.1 Å². The van der Waals surface area contributed by atoms with Crippen molar-refractivity contribution < 1.29 is 14.5 Å². The summed E-state index contributed by atoms with van der Waals surface area (Å²) in [6, 6.07) is 20.7. The van der Waals surface area contributed by atoms with E-state index in [1.807, 2.05) is 31.2 Å². The van der Waals surface area contributed by atoms with Crippen LogP contribution in [0, 0.1) is 17.0 Å². The molecular formula is C23H19N5O4. The summed E-state index contributed by atoms with van der Waals surface area (Å²) in [7, 11) is 1.51. The fourth-order valence-electron chi connectivity index (χ4n) is 3.07. The summed E-state index contributed by atoms with van der Waals surface area (Å²) in [4.78, 5) is 27.1. The van der Waals surface area contributed by atoms with Gasteiger partial charge in [0.1, 0.15) is 0 Å². The van der Waals surface area contributed by atoms with Gasteiger partial charge in [-0.25, -0.2) is 4.68 Å². The second kappa shape index (κ2) is 8.68. The SMILES string of the molecule is COc1nc(-c2ccc(C)cc2)n(-c2ccc(NC(=O)c3ccc([N+](=O)[O-])cc3)cc2)n1. The standard InChI is InChI=1S/C23H19N5O4/c1-15-3-5-16(6-4-15)21-25-23(32-2)26-27(21)19-13-9-18(10-14-19)24-22(29)17-7-11-20(12-8-17)28(30)31/h3-14H,1-2H3,(H,24,29). The van der Waals surface area contributed by atoms with Gasteiger partial charge in [-0.2, -0.15) is 4.98 Å². The molecule has 0 atom stereocenters. The maximum Gasteiger partial charge on any atom is 0.336 e. The van der Waals surface area contributed by atoms with E-state index in [2.05, 4.69) is 15.4 Å². The van der Waals surface area contributed by atoms with Crippen LogP contribution in [0.25, 0.3) is 17.1 Å². The fourth-order valence-corrected chi connectivity index (χ4v) is 3.07. The van der Waals surface area contributed by atoms with Crippen LogP contribution in [-0.2, 0) is 0 Å². The summed E-state index contributed by atoms with van der Waals surface area (Å²) < 4.78 is 6.88. The summed E-state index contributed by atoms with van der Waals surface area (Å²) in [5.74, 6) is 0.264. The first-order valence-corrected chi connectivity index (χ1v) is 9.69. The summed E-state index contributed by atoms with van der Waals surface area (Å²) in [5, 5.41) is 17.9. The van der Waals surface area contributed by atoms with Crippen LogP contribution in [-0.4, -0.2) is 32.7 Å². The third kappa shape index (κ3) is 4.31. The predicted molar refractivity (Wildman–Crippen MR) is 119 cm³/mol. The van der Waals surface area contributed by atoms with Crippen molar-refractivity contribution in [3.63, 3.8) is 0 Å². The van der Waals surface area contributed by atoms with Crippen molar-refractivity contribution in [1.29, 1.82) is 0 Å². The van der Waals surface area contributed by atoms with Crippen LogP contribution in [0.2, 0.25) is 0 Å². The number of carbonyl (C=O) groups is 1. The molecule has 0 unspecified atom stereocenters. The molecule has 0 saturated carbocycles. The third-order valence-corrected chi connectivity index (χ3v) is 4.79. The van der Waals surface area contributed by atoms with Gasteiger partial charge in [0.25, 0.3) is 11.6 Å². The number of non-ortho nitro benzene ring substituents is 1. The molecule has 0 saturated heterocycles. The second-order valence-corrected chi connectivity index (χ2v) is 7.00. The first-order valence-electron chi connectivity index (χ1n) is 9.69. The molecule has 1 heterocycles. The zero-order valence-corrected chi connectivity index (χ0v) is 17.4. The molecule has 0 fully saturated rings. The maximum absolute atomic E-state index is 12.4. The Hall–Kier alpha value is -4.53. The van der Waals surface area contributed by atoms with E-state index in [0.29, 0.717) is 17.1 Å². The number of hydrogen-bond donors (Lipinski definition) is 1. The first kappa shape index (κ1) is 20.7. The molecular weight excluding hydrogens is 410 g/mol. The second-order valence-electron chi connectivity index (χ2n) is 7.00. The Morgan fingerprint density at radius 2 is 1.66 bits per heavy atom. The zero-order valence-electron chi connectivity index (χ0n) is 17.4. The van der Waals surface area contributed by atoms with E-state index in [1.54, 1.807) is 28.9 Å². The van der Waals surface area contributed by atoms with Gasteiger partial charge >= 0.3 is 6.01 Å². The highest BCUT2D eigenvalue weighted by atomic mass is 16.6. The fraction of sp³-hybridized carbons (Fsp3) is 0.0870. The van der Waals surface area contributed by atoms with Crippen LogP contribution >= 0.6 is 0 Å². The van der Waals surface area contributed by atoms with Gasteiger partial charge in [0, 0.05) is 28.9 Å². The molecule has 9 heteroatoms. The molecule has 1 aromatic heterocycles. The summed E-state index contributed by atoms with van der Waals surface area (Å²) in [6.07, 6.45) is 0. The molecule has 0 aliphatic heterocycles. The number of amides is 1. The van der Waals surface area contributed by atoms with Crippen LogP contribution in [0.15, 0.2) is 72.8 Å². The molecule has 160 valence electrons. The maximum atomic E-state index is 12.4. The Bertz CT molecular complexity index is 1260. The van der Waals surface area contributed by atoms with Crippen molar-refractivity contribution in [2.24, 2.45) is 0 Å². The number of aromatic nitrogens is 3. The zero-order chi connectivity index (χ0) is 22.7. The van der Waals surface area contributed by atoms with Crippen LogP contribution in [0.5, 0.6) is 6.01 Å². The Labute approximate surface area is 183 Å². The van der Waals surface area contributed by atoms with Gasteiger partial charge in [-0.1, -0.05) is 29.8 Å². The van der Waals surface area contributed by atoms with E-state index in [-0.39, 0.29) is 17.6 Å². The number of hydrogen-bond acceptors (Lipinski definition) is 6. The number of nitrogens with zero attached hydrogens (tertiary/aromatic N) is 4. The molecule has 3 aromatic carbocycles. The molecule has 32 heavy (non-hydrogen) atoms. The number of methoxy groups -OCH3 is 1. The molecule has 0 radical (unpaired) electrons. The number of nitro benzene ring substituents is 1. The predicted octanol–water partition coefficient (Wildman–Crippen LogP) is 4.41. The summed E-state index contributed by atoms with van der Waals surface area (Å²) in [5.41, 5.74) is 3.59. The Morgan fingerprint density at radius 1 is 1.00 bits per heavy atom. The number of nitro groups is 1. The van der Waals surface area contributed by atoms with E-state index >= 15 is 0 Å². The third-order valence-electron chi connectivity index (χ3n) is 4.79. The van der Waals surface area contributed by atoms with E-state index in [9.17, 15) is 14.9 Å². The van der Waals surface area contributed by atoms with Gasteiger partial charge in [0.2, 0.25) is 0 Å². The lowest BCUT2D eigenvalue weighted by Gasteiger charge is -2.09. The van der Waals surface area contributed by atoms with Crippen LogP contribution in [0.4, 0.5) is 11.4 Å². The van der Waals surface area contributed by atoms with Gasteiger partial charge in [-0.05, 0) is 43.3 Å². The minimum atomic E-state index is -0.510. The molecule has 1 N–H and O–H groups in total. The highest BCUT2D eigenvalue weighted by molar-refractivity contribution is 6.04. The number of aryl methyl sites for hydroxylation is 1. The topological polar surface area (TPSA) is 112 Å².